The Labute approximate surface area is 134 Å². The Morgan fingerprint density at radius 2 is 2.09 bits per heavy atom. The summed E-state index contributed by atoms with van der Waals surface area (Å²) >= 11 is 0. The third kappa shape index (κ3) is 3.58. The molecular formula is C17H17N3O3. The first-order chi connectivity index (χ1) is 11.0. The van der Waals surface area contributed by atoms with Gasteiger partial charge in [0.2, 0.25) is 0 Å². The maximum absolute atomic E-state index is 10.9. The number of hydrogen-bond acceptors (Lipinski definition) is 5. The van der Waals surface area contributed by atoms with Crippen molar-refractivity contribution in [3.8, 4) is 22.9 Å². The molecule has 0 saturated carbocycles. The van der Waals surface area contributed by atoms with E-state index in [2.05, 4.69) is 11.1 Å². The monoisotopic (exact) mass is 311 g/mol. The molecule has 1 heterocycles. The Balaban J connectivity index is 2.53. The number of rotatable bonds is 5. The van der Waals surface area contributed by atoms with Gasteiger partial charge in [-0.15, -0.1) is 0 Å². The van der Waals surface area contributed by atoms with E-state index in [1.165, 1.54) is 0 Å². The fourth-order valence-corrected chi connectivity index (χ4v) is 2.32. The third-order valence-electron chi connectivity index (χ3n) is 3.57. The molecule has 23 heavy (non-hydrogen) atoms. The summed E-state index contributed by atoms with van der Waals surface area (Å²) in [4.78, 5) is 15.1. The highest BCUT2D eigenvalue weighted by molar-refractivity contribution is 5.76. The van der Waals surface area contributed by atoms with Crippen molar-refractivity contribution in [3.63, 3.8) is 0 Å². The topological polar surface area (TPSA) is 109 Å². The molecule has 1 unspecified atom stereocenters. The lowest BCUT2D eigenvalue weighted by Crippen LogP contribution is -2.08. The molecule has 6 heteroatoms. The lowest BCUT2D eigenvalue weighted by Gasteiger charge is -2.14. The van der Waals surface area contributed by atoms with E-state index in [0.29, 0.717) is 17.0 Å². The van der Waals surface area contributed by atoms with Crippen LogP contribution in [0.3, 0.4) is 0 Å². The van der Waals surface area contributed by atoms with E-state index in [4.69, 9.17) is 15.6 Å². The van der Waals surface area contributed by atoms with Gasteiger partial charge < -0.3 is 15.6 Å². The molecule has 118 valence electrons. The molecule has 0 aliphatic carbocycles. The van der Waals surface area contributed by atoms with Gasteiger partial charge in [0.15, 0.2) is 0 Å². The number of nitrogens with two attached hydrogens (primary N) is 1. The van der Waals surface area contributed by atoms with Gasteiger partial charge in [0.1, 0.15) is 23.2 Å². The van der Waals surface area contributed by atoms with Crippen molar-refractivity contribution in [1.29, 1.82) is 5.26 Å². The second-order valence-corrected chi connectivity index (χ2v) is 5.19. The van der Waals surface area contributed by atoms with Gasteiger partial charge in [0.05, 0.1) is 13.5 Å². The molecular weight excluding hydrogens is 294 g/mol. The zero-order valence-corrected chi connectivity index (χ0v) is 12.9. The zero-order chi connectivity index (χ0) is 17.0. The molecule has 0 bridgehead atoms. The Morgan fingerprint density at radius 3 is 2.61 bits per heavy atom. The fraction of sp³-hybridized carbons (Fsp3) is 0.235. The summed E-state index contributed by atoms with van der Waals surface area (Å²) in [5, 5.41) is 18.3. The first kappa shape index (κ1) is 16.3. The largest absolute Gasteiger partial charge is 0.497 e. The number of nitriles is 1. The lowest BCUT2D eigenvalue weighted by molar-refractivity contribution is -0.137. The average molecular weight is 311 g/mol. The maximum Gasteiger partial charge on any atom is 0.304 e. The van der Waals surface area contributed by atoms with Gasteiger partial charge in [0.25, 0.3) is 0 Å². The lowest BCUT2D eigenvalue weighted by atomic mass is 9.95. The smallest absolute Gasteiger partial charge is 0.304 e. The molecule has 2 aromatic rings. The van der Waals surface area contributed by atoms with Crippen LogP contribution in [-0.4, -0.2) is 23.2 Å². The van der Waals surface area contributed by atoms with Crippen LogP contribution < -0.4 is 10.5 Å². The van der Waals surface area contributed by atoms with Crippen LogP contribution in [0.25, 0.3) is 11.1 Å². The summed E-state index contributed by atoms with van der Waals surface area (Å²) < 4.78 is 5.12. The molecule has 1 aromatic heterocycles. The minimum Gasteiger partial charge on any atom is -0.497 e. The SMILES string of the molecule is COc1ccc(-c2cc(C(C)CC(=O)O)nc(N)c2C#N)cc1. The number of nitrogens with zero attached hydrogens (tertiary/aromatic N) is 2. The standard InChI is InChI=1S/C17H17N3O3/c1-10(7-16(21)22)15-8-13(14(9-18)17(19)20-15)11-3-5-12(23-2)6-4-11/h3-6,8,10H,7H2,1-2H3,(H2,19,20)(H,21,22). The normalized spacial score (nSPS) is 11.5. The van der Waals surface area contributed by atoms with Gasteiger partial charge in [-0.1, -0.05) is 19.1 Å². The van der Waals surface area contributed by atoms with Gasteiger partial charge in [-0.3, -0.25) is 4.79 Å². The van der Waals surface area contributed by atoms with Crippen LogP contribution in [0.1, 0.15) is 30.5 Å². The minimum atomic E-state index is -0.909. The van der Waals surface area contributed by atoms with E-state index in [-0.39, 0.29) is 23.7 Å². The van der Waals surface area contributed by atoms with E-state index in [0.717, 1.165) is 5.56 Å². The van der Waals surface area contributed by atoms with Crippen molar-refractivity contribution in [2.45, 2.75) is 19.3 Å². The number of benzene rings is 1. The molecule has 0 aliphatic heterocycles. The van der Waals surface area contributed by atoms with Gasteiger partial charge in [0, 0.05) is 17.2 Å². The van der Waals surface area contributed by atoms with E-state index in [1.54, 1.807) is 32.2 Å². The van der Waals surface area contributed by atoms with Crippen molar-refractivity contribution in [2.75, 3.05) is 12.8 Å². The zero-order valence-electron chi connectivity index (χ0n) is 12.9. The fourth-order valence-electron chi connectivity index (χ4n) is 2.32. The van der Waals surface area contributed by atoms with E-state index in [1.807, 2.05) is 12.1 Å². The first-order valence-electron chi connectivity index (χ1n) is 7.03. The van der Waals surface area contributed by atoms with Crippen LogP contribution in [-0.2, 0) is 4.79 Å². The summed E-state index contributed by atoms with van der Waals surface area (Å²) in [7, 11) is 1.58. The van der Waals surface area contributed by atoms with Gasteiger partial charge in [-0.25, -0.2) is 4.98 Å². The van der Waals surface area contributed by atoms with E-state index in [9.17, 15) is 10.1 Å². The average Bonchev–Trinajstić information content (AvgIpc) is 2.53. The first-order valence-corrected chi connectivity index (χ1v) is 7.03. The number of anilines is 1. The number of ether oxygens (including phenoxy) is 1. The molecule has 3 N–H and O–H groups in total. The predicted octanol–water partition coefficient (Wildman–Crippen LogP) is 2.79. The molecule has 0 radical (unpaired) electrons. The van der Waals surface area contributed by atoms with Crippen LogP contribution in [0.5, 0.6) is 5.75 Å². The molecule has 6 nitrogen and oxygen atoms in total. The molecule has 0 fully saturated rings. The number of pyridine rings is 1. The van der Waals surface area contributed by atoms with Crippen molar-refractivity contribution in [1.82, 2.24) is 4.98 Å². The summed E-state index contributed by atoms with van der Waals surface area (Å²) in [6.07, 6.45) is -0.0552. The highest BCUT2D eigenvalue weighted by Crippen LogP contribution is 2.31. The predicted molar refractivity (Wildman–Crippen MR) is 86.0 cm³/mol. The van der Waals surface area contributed by atoms with Gasteiger partial charge in [-0.05, 0) is 23.8 Å². The van der Waals surface area contributed by atoms with Crippen LogP contribution in [0.2, 0.25) is 0 Å². The second kappa shape index (κ2) is 6.79. The Bertz CT molecular complexity index is 764. The number of hydrogen-bond donors (Lipinski definition) is 2. The van der Waals surface area contributed by atoms with Crippen molar-refractivity contribution >= 4 is 11.8 Å². The second-order valence-electron chi connectivity index (χ2n) is 5.19. The van der Waals surface area contributed by atoms with Crippen LogP contribution >= 0.6 is 0 Å². The van der Waals surface area contributed by atoms with Crippen LogP contribution in [0, 0.1) is 11.3 Å². The number of nitrogen functional groups attached to an aromatic ring is 1. The number of carboxylic acid groups (broad SMARTS) is 1. The maximum atomic E-state index is 10.9. The number of aromatic nitrogens is 1. The van der Waals surface area contributed by atoms with Gasteiger partial charge >= 0.3 is 5.97 Å². The summed E-state index contributed by atoms with van der Waals surface area (Å²) in [5.74, 6) is -0.408. The van der Waals surface area contributed by atoms with Crippen molar-refractivity contribution < 1.29 is 14.6 Å². The molecule has 1 atom stereocenters. The number of carbonyl (C=O) groups is 1. The van der Waals surface area contributed by atoms with E-state index >= 15 is 0 Å². The van der Waals surface area contributed by atoms with Crippen LogP contribution in [0.15, 0.2) is 30.3 Å². The summed E-state index contributed by atoms with van der Waals surface area (Å²) in [6.45, 7) is 1.76. The van der Waals surface area contributed by atoms with Crippen molar-refractivity contribution in [3.05, 3.63) is 41.6 Å². The number of aliphatic carboxylic acids is 1. The molecule has 1 aromatic carbocycles. The molecule has 0 spiro atoms. The molecule has 2 rings (SSSR count). The Hall–Kier alpha value is -3.07. The van der Waals surface area contributed by atoms with Gasteiger partial charge in [-0.2, -0.15) is 5.26 Å². The number of methoxy groups -OCH3 is 1. The van der Waals surface area contributed by atoms with Crippen LogP contribution in [0.4, 0.5) is 5.82 Å². The highest BCUT2D eigenvalue weighted by atomic mass is 16.5. The Kier molecular flexibility index (Phi) is 4.82. The van der Waals surface area contributed by atoms with E-state index < -0.39 is 5.97 Å². The summed E-state index contributed by atoms with van der Waals surface area (Å²) in [5.41, 5.74) is 8.14. The molecule has 0 amide bonds. The summed E-state index contributed by atoms with van der Waals surface area (Å²) in [6, 6.07) is 11.0. The molecule has 0 saturated heterocycles. The highest BCUT2D eigenvalue weighted by Gasteiger charge is 2.17. The third-order valence-corrected chi connectivity index (χ3v) is 3.57. The Morgan fingerprint density at radius 1 is 1.43 bits per heavy atom. The number of carboxylic acids is 1. The quantitative estimate of drug-likeness (QED) is 0.878. The molecule has 0 aliphatic rings. The minimum absolute atomic E-state index is 0.0552. The van der Waals surface area contributed by atoms with Crippen molar-refractivity contribution in [2.24, 2.45) is 0 Å².